The normalized spacial score (nSPS) is 12.6. The van der Waals surface area contributed by atoms with E-state index < -0.39 is 0 Å². The molecule has 1 heterocycles. The fourth-order valence-corrected chi connectivity index (χ4v) is 3.48. The van der Waals surface area contributed by atoms with Crippen molar-refractivity contribution >= 4 is 11.3 Å². The first-order valence-corrected chi connectivity index (χ1v) is 8.28. The highest BCUT2D eigenvalue weighted by Gasteiger charge is 2.14. The third kappa shape index (κ3) is 4.90. The number of nitrogens with one attached hydrogen (secondary N) is 1. The van der Waals surface area contributed by atoms with Crippen LogP contribution in [-0.4, -0.2) is 18.1 Å². The number of aromatic nitrogens is 1. The van der Waals surface area contributed by atoms with Crippen molar-refractivity contribution in [2.24, 2.45) is 5.92 Å². The lowest BCUT2D eigenvalue weighted by molar-refractivity contribution is 0.476. The van der Waals surface area contributed by atoms with Crippen LogP contribution in [0.4, 0.5) is 4.39 Å². The zero-order valence-electron chi connectivity index (χ0n) is 12.9. The van der Waals surface area contributed by atoms with Gasteiger partial charge in [-0.1, -0.05) is 19.1 Å². The minimum atomic E-state index is -0.157. The van der Waals surface area contributed by atoms with Crippen LogP contribution in [0, 0.1) is 25.6 Å². The maximum absolute atomic E-state index is 13.3. The average Bonchev–Trinajstić information content (AvgIpc) is 2.74. The molecule has 2 rings (SSSR count). The standard InChI is InChI=1S/C17H23FN2S/c1-4-19-11-15(8-14-6-5-7-16(18)9-14)10-17-20-12(2)13(3)21-17/h5-7,9,15,19H,4,8,10-11H2,1-3H3. The molecule has 0 bridgehead atoms. The van der Waals surface area contributed by atoms with Gasteiger partial charge in [0.25, 0.3) is 0 Å². The fraction of sp³-hybridized carbons (Fsp3) is 0.471. The predicted octanol–water partition coefficient (Wildman–Crippen LogP) is 3.91. The van der Waals surface area contributed by atoms with Crippen molar-refractivity contribution < 1.29 is 4.39 Å². The van der Waals surface area contributed by atoms with Crippen LogP contribution < -0.4 is 5.32 Å². The Morgan fingerprint density at radius 3 is 2.71 bits per heavy atom. The molecule has 0 amide bonds. The molecular weight excluding hydrogens is 283 g/mol. The number of hydrogen-bond acceptors (Lipinski definition) is 3. The summed E-state index contributed by atoms with van der Waals surface area (Å²) in [6.07, 6.45) is 1.82. The van der Waals surface area contributed by atoms with Crippen LogP contribution in [0.15, 0.2) is 24.3 Å². The molecule has 1 N–H and O–H groups in total. The minimum Gasteiger partial charge on any atom is -0.317 e. The third-order valence-electron chi connectivity index (χ3n) is 3.63. The van der Waals surface area contributed by atoms with E-state index in [0.29, 0.717) is 5.92 Å². The number of rotatable bonds is 7. The van der Waals surface area contributed by atoms with Gasteiger partial charge >= 0.3 is 0 Å². The summed E-state index contributed by atoms with van der Waals surface area (Å²) >= 11 is 1.78. The summed E-state index contributed by atoms with van der Waals surface area (Å²) in [5, 5.41) is 4.59. The second-order valence-corrected chi connectivity index (χ2v) is 6.75. The molecule has 0 radical (unpaired) electrons. The molecule has 0 saturated carbocycles. The first-order valence-electron chi connectivity index (χ1n) is 7.46. The minimum absolute atomic E-state index is 0.157. The van der Waals surface area contributed by atoms with E-state index in [4.69, 9.17) is 0 Å². The Morgan fingerprint density at radius 1 is 1.29 bits per heavy atom. The third-order valence-corrected chi connectivity index (χ3v) is 4.73. The van der Waals surface area contributed by atoms with Crippen LogP contribution in [-0.2, 0) is 12.8 Å². The van der Waals surface area contributed by atoms with Gasteiger partial charge in [0.15, 0.2) is 0 Å². The summed E-state index contributed by atoms with van der Waals surface area (Å²) in [7, 11) is 0. The summed E-state index contributed by atoms with van der Waals surface area (Å²) in [6, 6.07) is 6.92. The van der Waals surface area contributed by atoms with Gasteiger partial charge in [-0.15, -0.1) is 11.3 Å². The Balaban J connectivity index is 2.06. The SMILES string of the molecule is CCNCC(Cc1cccc(F)c1)Cc1nc(C)c(C)s1. The first kappa shape index (κ1) is 16.1. The van der Waals surface area contributed by atoms with Gasteiger partial charge in [-0.25, -0.2) is 9.37 Å². The molecule has 1 atom stereocenters. The van der Waals surface area contributed by atoms with Gasteiger partial charge in [-0.3, -0.25) is 0 Å². The average molecular weight is 306 g/mol. The van der Waals surface area contributed by atoms with Gasteiger partial charge in [0.05, 0.1) is 10.7 Å². The molecule has 1 aromatic heterocycles. The lowest BCUT2D eigenvalue weighted by atomic mass is 9.96. The molecule has 1 aromatic carbocycles. The number of benzene rings is 1. The summed E-state index contributed by atoms with van der Waals surface area (Å²) in [6.45, 7) is 8.17. The second-order valence-electron chi connectivity index (χ2n) is 5.46. The van der Waals surface area contributed by atoms with Crippen molar-refractivity contribution in [2.75, 3.05) is 13.1 Å². The molecule has 0 aliphatic carbocycles. The summed E-state index contributed by atoms with van der Waals surface area (Å²) < 4.78 is 13.3. The topological polar surface area (TPSA) is 24.9 Å². The van der Waals surface area contributed by atoms with E-state index in [1.165, 1.54) is 16.0 Å². The highest BCUT2D eigenvalue weighted by atomic mass is 32.1. The Morgan fingerprint density at radius 2 is 2.10 bits per heavy atom. The molecule has 1 unspecified atom stereocenters. The van der Waals surface area contributed by atoms with Crippen LogP contribution in [0.3, 0.4) is 0 Å². The first-order chi connectivity index (χ1) is 10.1. The molecular formula is C17H23FN2S. The number of thiazole rings is 1. The molecule has 2 aromatic rings. The van der Waals surface area contributed by atoms with Crippen LogP contribution in [0.2, 0.25) is 0 Å². The Hall–Kier alpha value is -1.26. The summed E-state index contributed by atoms with van der Waals surface area (Å²) in [4.78, 5) is 5.92. The van der Waals surface area contributed by atoms with Crippen molar-refractivity contribution in [2.45, 2.75) is 33.6 Å². The number of aryl methyl sites for hydroxylation is 2. The molecule has 114 valence electrons. The van der Waals surface area contributed by atoms with Gasteiger partial charge in [0.1, 0.15) is 5.82 Å². The number of halogens is 1. The zero-order valence-corrected chi connectivity index (χ0v) is 13.8. The van der Waals surface area contributed by atoms with E-state index >= 15 is 0 Å². The van der Waals surface area contributed by atoms with E-state index in [0.717, 1.165) is 37.2 Å². The molecule has 21 heavy (non-hydrogen) atoms. The molecule has 0 aliphatic heterocycles. The lowest BCUT2D eigenvalue weighted by Crippen LogP contribution is -2.25. The van der Waals surface area contributed by atoms with E-state index in [-0.39, 0.29) is 5.82 Å². The molecule has 2 nitrogen and oxygen atoms in total. The molecule has 0 spiro atoms. The van der Waals surface area contributed by atoms with Crippen LogP contribution in [0.25, 0.3) is 0 Å². The van der Waals surface area contributed by atoms with E-state index in [1.807, 2.05) is 6.07 Å². The van der Waals surface area contributed by atoms with Crippen LogP contribution in [0.1, 0.15) is 28.1 Å². The summed E-state index contributed by atoms with van der Waals surface area (Å²) in [5.41, 5.74) is 2.19. The number of nitrogens with zero attached hydrogens (tertiary/aromatic N) is 1. The fourth-order valence-electron chi connectivity index (χ4n) is 2.44. The van der Waals surface area contributed by atoms with Gasteiger partial charge in [0.2, 0.25) is 0 Å². The Labute approximate surface area is 130 Å². The number of hydrogen-bond donors (Lipinski definition) is 1. The lowest BCUT2D eigenvalue weighted by Gasteiger charge is -2.16. The van der Waals surface area contributed by atoms with Crippen LogP contribution >= 0.6 is 11.3 Å². The van der Waals surface area contributed by atoms with Crippen molar-refractivity contribution in [1.29, 1.82) is 0 Å². The smallest absolute Gasteiger partial charge is 0.123 e. The van der Waals surface area contributed by atoms with Crippen LogP contribution in [0.5, 0.6) is 0 Å². The Kier molecular flexibility index (Phi) is 5.88. The maximum Gasteiger partial charge on any atom is 0.123 e. The van der Waals surface area contributed by atoms with E-state index in [1.54, 1.807) is 23.5 Å². The maximum atomic E-state index is 13.3. The Bertz CT molecular complexity index is 560. The van der Waals surface area contributed by atoms with Gasteiger partial charge in [-0.2, -0.15) is 0 Å². The quantitative estimate of drug-likeness (QED) is 0.839. The summed E-state index contributed by atoms with van der Waals surface area (Å²) in [5.74, 6) is 0.285. The highest BCUT2D eigenvalue weighted by Crippen LogP contribution is 2.21. The largest absolute Gasteiger partial charge is 0.317 e. The van der Waals surface area contributed by atoms with Crippen molar-refractivity contribution in [3.8, 4) is 0 Å². The molecule has 0 aliphatic rings. The molecule has 4 heteroatoms. The van der Waals surface area contributed by atoms with Gasteiger partial charge in [-0.05, 0) is 57.0 Å². The van der Waals surface area contributed by atoms with E-state index in [9.17, 15) is 4.39 Å². The van der Waals surface area contributed by atoms with Crippen molar-refractivity contribution in [1.82, 2.24) is 10.3 Å². The van der Waals surface area contributed by atoms with Crippen molar-refractivity contribution in [3.63, 3.8) is 0 Å². The van der Waals surface area contributed by atoms with Crippen molar-refractivity contribution in [3.05, 3.63) is 51.2 Å². The zero-order chi connectivity index (χ0) is 15.2. The van der Waals surface area contributed by atoms with E-state index in [2.05, 4.69) is 31.1 Å². The predicted molar refractivity (Wildman–Crippen MR) is 87.4 cm³/mol. The van der Waals surface area contributed by atoms with Gasteiger partial charge < -0.3 is 5.32 Å². The molecule has 0 fully saturated rings. The van der Waals surface area contributed by atoms with Gasteiger partial charge in [0, 0.05) is 11.3 Å². The second kappa shape index (κ2) is 7.66. The highest BCUT2D eigenvalue weighted by molar-refractivity contribution is 7.11. The monoisotopic (exact) mass is 306 g/mol. The molecule has 0 saturated heterocycles.